The van der Waals surface area contributed by atoms with Gasteiger partial charge in [-0.15, -0.1) is 0 Å². The maximum atomic E-state index is 7.22. The van der Waals surface area contributed by atoms with Crippen LogP contribution in [0.4, 0.5) is 5.69 Å². The Bertz CT molecular complexity index is 296. The number of anilines is 1. The molecule has 0 amide bonds. The zero-order valence-electron chi connectivity index (χ0n) is 8.57. The molecule has 4 heteroatoms. The van der Waals surface area contributed by atoms with E-state index in [0.29, 0.717) is 6.42 Å². The van der Waals surface area contributed by atoms with Gasteiger partial charge in [0, 0.05) is 37.6 Å². The molecule has 0 saturated carbocycles. The van der Waals surface area contributed by atoms with Crippen LogP contribution in [-0.4, -0.2) is 23.9 Å². The van der Waals surface area contributed by atoms with E-state index in [1.807, 2.05) is 26.1 Å². The molecule has 0 aliphatic rings. The van der Waals surface area contributed by atoms with Gasteiger partial charge in [0.2, 0.25) is 0 Å². The maximum Gasteiger partial charge on any atom is 0.0925 e. The van der Waals surface area contributed by atoms with E-state index < -0.39 is 0 Å². The van der Waals surface area contributed by atoms with Crippen LogP contribution in [0.1, 0.15) is 13.3 Å². The second-order valence-corrected chi connectivity index (χ2v) is 3.39. The molecule has 0 aliphatic heterocycles. The number of pyridine rings is 1. The predicted octanol–water partition coefficient (Wildman–Crippen LogP) is 1.23. The molecule has 4 nitrogen and oxygen atoms in total. The molecule has 1 heterocycles. The van der Waals surface area contributed by atoms with Crippen molar-refractivity contribution in [1.29, 1.82) is 5.41 Å². The van der Waals surface area contributed by atoms with Crippen molar-refractivity contribution in [3.8, 4) is 0 Å². The van der Waals surface area contributed by atoms with Gasteiger partial charge in [-0.3, -0.25) is 10.4 Å². The van der Waals surface area contributed by atoms with E-state index in [1.165, 1.54) is 0 Å². The van der Waals surface area contributed by atoms with E-state index in [4.69, 9.17) is 11.1 Å². The van der Waals surface area contributed by atoms with Gasteiger partial charge in [-0.1, -0.05) is 0 Å². The van der Waals surface area contributed by atoms with Crippen molar-refractivity contribution in [2.75, 3.05) is 11.9 Å². The summed E-state index contributed by atoms with van der Waals surface area (Å²) in [7, 11) is 1.99. The van der Waals surface area contributed by atoms with Crippen molar-refractivity contribution < 1.29 is 0 Å². The lowest BCUT2D eigenvalue weighted by Crippen LogP contribution is -2.32. The van der Waals surface area contributed by atoms with E-state index >= 15 is 0 Å². The fourth-order valence-corrected chi connectivity index (χ4v) is 1.29. The monoisotopic (exact) mass is 192 g/mol. The Balaban J connectivity index is 2.65. The first-order valence-corrected chi connectivity index (χ1v) is 4.57. The number of nitrogens with zero attached hydrogens (tertiary/aromatic N) is 2. The summed E-state index contributed by atoms with van der Waals surface area (Å²) in [5, 5.41) is 7.22. The average molecular weight is 192 g/mol. The Kier molecular flexibility index (Phi) is 3.45. The Morgan fingerprint density at radius 3 is 2.64 bits per heavy atom. The molecule has 0 aromatic carbocycles. The highest BCUT2D eigenvalue weighted by Gasteiger charge is 2.10. The molecule has 76 valence electrons. The molecule has 0 radical (unpaired) electrons. The van der Waals surface area contributed by atoms with E-state index in [-0.39, 0.29) is 11.9 Å². The van der Waals surface area contributed by atoms with Crippen molar-refractivity contribution in [2.24, 2.45) is 5.73 Å². The van der Waals surface area contributed by atoms with E-state index in [2.05, 4.69) is 9.88 Å². The van der Waals surface area contributed by atoms with Crippen LogP contribution in [0.2, 0.25) is 0 Å². The van der Waals surface area contributed by atoms with Crippen molar-refractivity contribution in [2.45, 2.75) is 19.4 Å². The lowest BCUT2D eigenvalue weighted by atomic mass is 10.2. The molecule has 1 atom stereocenters. The number of hydrogen-bond donors (Lipinski definition) is 2. The summed E-state index contributed by atoms with van der Waals surface area (Å²) in [5.74, 6) is 0.221. The highest BCUT2D eigenvalue weighted by atomic mass is 15.1. The molecule has 0 spiro atoms. The summed E-state index contributed by atoms with van der Waals surface area (Å²) in [6, 6.07) is 4.11. The van der Waals surface area contributed by atoms with Crippen LogP contribution in [0.15, 0.2) is 24.5 Å². The van der Waals surface area contributed by atoms with Gasteiger partial charge in [0.15, 0.2) is 0 Å². The predicted molar refractivity (Wildman–Crippen MR) is 58.6 cm³/mol. The number of hydrogen-bond acceptors (Lipinski definition) is 3. The fourth-order valence-electron chi connectivity index (χ4n) is 1.29. The Morgan fingerprint density at radius 1 is 1.57 bits per heavy atom. The number of nitrogens with two attached hydrogens (primary N) is 1. The van der Waals surface area contributed by atoms with Crippen LogP contribution in [0, 0.1) is 5.41 Å². The fraction of sp³-hybridized carbons (Fsp3) is 0.400. The molecular weight excluding hydrogens is 176 g/mol. The minimum absolute atomic E-state index is 0.221. The van der Waals surface area contributed by atoms with E-state index in [0.717, 1.165) is 5.69 Å². The highest BCUT2D eigenvalue weighted by molar-refractivity contribution is 5.77. The van der Waals surface area contributed by atoms with Crippen LogP contribution < -0.4 is 10.6 Å². The van der Waals surface area contributed by atoms with Crippen molar-refractivity contribution in [1.82, 2.24) is 4.98 Å². The molecule has 0 saturated heterocycles. The first-order valence-electron chi connectivity index (χ1n) is 4.57. The number of amidine groups is 1. The largest absolute Gasteiger partial charge is 0.388 e. The quantitative estimate of drug-likeness (QED) is 0.557. The van der Waals surface area contributed by atoms with Crippen molar-refractivity contribution in [3.05, 3.63) is 24.5 Å². The molecule has 0 aliphatic carbocycles. The summed E-state index contributed by atoms with van der Waals surface area (Å²) >= 11 is 0. The summed E-state index contributed by atoms with van der Waals surface area (Å²) in [4.78, 5) is 6.04. The summed E-state index contributed by atoms with van der Waals surface area (Å²) in [5.41, 5.74) is 6.44. The first kappa shape index (κ1) is 10.5. The number of nitrogens with one attached hydrogen (secondary N) is 1. The third kappa shape index (κ3) is 2.73. The molecule has 1 aromatic rings. The van der Waals surface area contributed by atoms with Gasteiger partial charge >= 0.3 is 0 Å². The van der Waals surface area contributed by atoms with Gasteiger partial charge in [-0.25, -0.2) is 0 Å². The normalized spacial score (nSPS) is 12.1. The van der Waals surface area contributed by atoms with Crippen LogP contribution in [0.25, 0.3) is 0 Å². The smallest absolute Gasteiger partial charge is 0.0925 e. The molecule has 1 aromatic heterocycles. The lowest BCUT2D eigenvalue weighted by Gasteiger charge is -2.26. The van der Waals surface area contributed by atoms with Crippen LogP contribution in [0.3, 0.4) is 0 Å². The first-order chi connectivity index (χ1) is 6.61. The van der Waals surface area contributed by atoms with Crippen molar-refractivity contribution in [3.63, 3.8) is 0 Å². The van der Waals surface area contributed by atoms with E-state index in [9.17, 15) is 0 Å². The number of aromatic nitrogens is 1. The maximum absolute atomic E-state index is 7.22. The zero-order chi connectivity index (χ0) is 10.6. The summed E-state index contributed by atoms with van der Waals surface area (Å²) in [6.07, 6.45) is 4.09. The van der Waals surface area contributed by atoms with Gasteiger partial charge in [-0.05, 0) is 19.1 Å². The topological polar surface area (TPSA) is 66.0 Å². The molecule has 14 heavy (non-hydrogen) atoms. The minimum atomic E-state index is 0.221. The Labute approximate surface area is 84.3 Å². The number of rotatable bonds is 4. The summed E-state index contributed by atoms with van der Waals surface area (Å²) in [6.45, 7) is 2.04. The average Bonchev–Trinajstić information content (AvgIpc) is 2.17. The second kappa shape index (κ2) is 4.60. The lowest BCUT2D eigenvalue weighted by molar-refractivity contribution is 0.708. The Hall–Kier alpha value is -1.58. The minimum Gasteiger partial charge on any atom is -0.388 e. The zero-order valence-corrected chi connectivity index (χ0v) is 8.57. The molecule has 1 rings (SSSR count). The molecule has 3 N–H and O–H groups in total. The molecule has 1 unspecified atom stereocenters. The van der Waals surface area contributed by atoms with Gasteiger partial charge in [-0.2, -0.15) is 0 Å². The van der Waals surface area contributed by atoms with Gasteiger partial charge < -0.3 is 10.6 Å². The molecular formula is C10H16N4. The standard InChI is InChI=1S/C10H16N4/c1-8(7-10(11)12)14(2)9-3-5-13-6-4-9/h3-6,8H,7H2,1-2H3,(H3,11,12). The third-order valence-corrected chi connectivity index (χ3v) is 2.25. The van der Waals surface area contributed by atoms with Crippen LogP contribution in [0.5, 0.6) is 0 Å². The van der Waals surface area contributed by atoms with Crippen molar-refractivity contribution >= 4 is 11.5 Å². The second-order valence-electron chi connectivity index (χ2n) is 3.39. The highest BCUT2D eigenvalue weighted by Crippen LogP contribution is 2.14. The van der Waals surface area contributed by atoms with Crippen LogP contribution >= 0.6 is 0 Å². The molecule has 0 fully saturated rings. The summed E-state index contributed by atoms with van der Waals surface area (Å²) < 4.78 is 0. The third-order valence-electron chi connectivity index (χ3n) is 2.25. The SMILES string of the molecule is CC(CC(=N)N)N(C)c1ccncc1. The van der Waals surface area contributed by atoms with Gasteiger partial charge in [0.25, 0.3) is 0 Å². The molecule has 0 bridgehead atoms. The van der Waals surface area contributed by atoms with Gasteiger partial charge in [0.05, 0.1) is 5.84 Å². The van der Waals surface area contributed by atoms with Gasteiger partial charge in [0.1, 0.15) is 0 Å². The van der Waals surface area contributed by atoms with E-state index in [1.54, 1.807) is 12.4 Å². The Morgan fingerprint density at radius 2 is 2.14 bits per heavy atom. The van der Waals surface area contributed by atoms with Crippen LogP contribution in [-0.2, 0) is 0 Å².